The average Bonchev–Trinajstić information content (AvgIpc) is 2.92. The fourth-order valence-electron chi connectivity index (χ4n) is 3.58. The zero-order valence-electron chi connectivity index (χ0n) is 18.9. The molecular weight excluding hydrogens is 396 g/mol. The number of hydrogen-bond acceptors (Lipinski definition) is 5. The molecule has 0 aliphatic heterocycles. The molecule has 0 radical (unpaired) electrons. The summed E-state index contributed by atoms with van der Waals surface area (Å²) in [5.74, 6) is -0.623. The monoisotopic (exact) mass is 424 g/mol. The number of carbonyl (C=O) groups excluding carboxylic acids is 2. The van der Waals surface area contributed by atoms with Gasteiger partial charge in [0.2, 0.25) is 0 Å². The van der Waals surface area contributed by atoms with Gasteiger partial charge in [0.15, 0.2) is 0 Å². The Morgan fingerprint density at radius 1 is 1.13 bits per heavy atom. The molecule has 3 aromatic rings. The standard InChI is InChI=1S/C23H28N4O4/c1-11-8-9-16(28)12(2)17(11)18-19(26-22(30)31-23(5,6)7)15(20(24)29)10-27-14(4)13(3)25-21(18)27/h8-10,28H,1-7H3,(H2,24,29)(H,26,30). The highest BCUT2D eigenvalue weighted by atomic mass is 16.6. The zero-order chi connectivity index (χ0) is 23.2. The molecule has 0 aliphatic rings. The lowest BCUT2D eigenvalue weighted by Crippen LogP contribution is -2.28. The lowest BCUT2D eigenvalue weighted by atomic mass is 9.93. The molecule has 0 saturated heterocycles. The SMILES string of the molecule is Cc1ccc(O)c(C)c1-c1c(NC(=O)OC(C)(C)C)c(C(N)=O)cn2c(C)c(C)nc12. The number of aromatic hydroxyl groups is 1. The number of aryl methyl sites for hydroxylation is 3. The van der Waals surface area contributed by atoms with Crippen LogP contribution in [0.3, 0.4) is 0 Å². The fraction of sp³-hybridized carbons (Fsp3) is 0.348. The maximum Gasteiger partial charge on any atom is 0.412 e. The van der Waals surface area contributed by atoms with E-state index in [-0.39, 0.29) is 17.0 Å². The van der Waals surface area contributed by atoms with Crippen LogP contribution in [-0.4, -0.2) is 32.1 Å². The fourth-order valence-corrected chi connectivity index (χ4v) is 3.58. The molecule has 0 fully saturated rings. The van der Waals surface area contributed by atoms with Gasteiger partial charge in [0.25, 0.3) is 5.91 Å². The number of nitrogens with zero attached hydrogens (tertiary/aromatic N) is 2. The van der Waals surface area contributed by atoms with Gasteiger partial charge >= 0.3 is 6.09 Å². The number of amides is 2. The number of nitrogens with one attached hydrogen (secondary N) is 1. The Labute approximate surface area is 181 Å². The summed E-state index contributed by atoms with van der Waals surface area (Å²) >= 11 is 0. The van der Waals surface area contributed by atoms with E-state index < -0.39 is 17.6 Å². The molecule has 0 spiro atoms. The molecule has 4 N–H and O–H groups in total. The van der Waals surface area contributed by atoms with Crippen molar-refractivity contribution in [3.63, 3.8) is 0 Å². The topological polar surface area (TPSA) is 119 Å². The van der Waals surface area contributed by atoms with Crippen molar-refractivity contribution in [2.24, 2.45) is 5.73 Å². The minimum Gasteiger partial charge on any atom is -0.508 e. The molecule has 164 valence electrons. The largest absolute Gasteiger partial charge is 0.508 e. The first kappa shape index (κ1) is 22.1. The first-order chi connectivity index (χ1) is 14.3. The van der Waals surface area contributed by atoms with E-state index in [1.54, 1.807) is 50.4 Å². The van der Waals surface area contributed by atoms with E-state index in [0.717, 1.165) is 17.0 Å². The van der Waals surface area contributed by atoms with Crippen LogP contribution in [0.5, 0.6) is 5.75 Å². The summed E-state index contributed by atoms with van der Waals surface area (Å²) in [5.41, 5.74) is 9.97. The molecule has 0 aliphatic carbocycles. The van der Waals surface area contributed by atoms with Crippen LogP contribution in [0.15, 0.2) is 18.3 Å². The summed E-state index contributed by atoms with van der Waals surface area (Å²) in [5, 5.41) is 13.1. The second-order valence-electron chi connectivity index (χ2n) is 8.66. The molecule has 2 heterocycles. The summed E-state index contributed by atoms with van der Waals surface area (Å²) in [4.78, 5) is 29.8. The van der Waals surface area contributed by atoms with Crippen LogP contribution in [0.25, 0.3) is 16.8 Å². The number of nitrogens with two attached hydrogens (primary N) is 1. The van der Waals surface area contributed by atoms with Crippen molar-refractivity contribution in [1.82, 2.24) is 9.38 Å². The van der Waals surface area contributed by atoms with Crippen molar-refractivity contribution in [3.05, 3.63) is 46.4 Å². The van der Waals surface area contributed by atoms with Crippen molar-refractivity contribution < 1.29 is 19.4 Å². The number of rotatable bonds is 3. The summed E-state index contributed by atoms with van der Waals surface area (Å²) in [6.07, 6.45) is 0.840. The summed E-state index contributed by atoms with van der Waals surface area (Å²) < 4.78 is 7.19. The van der Waals surface area contributed by atoms with Crippen LogP contribution < -0.4 is 11.1 Å². The first-order valence-corrected chi connectivity index (χ1v) is 9.93. The van der Waals surface area contributed by atoms with E-state index in [4.69, 9.17) is 10.5 Å². The van der Waals surface area contributed by atoms with E-state index in [9.17, 15) is 14.7 Å². The zero-order valence-corrected chi connectivity index (χ0v) is 18.9. The van der Waals surface area contributed by atoms with Gasteiger partial charge < -0.3 is 20.0 Å². The van der Waals surface area contributed by atoms with Gasteiger partial charge in [0.05, 0.1) is 22.5 Å². The molecule has 2 amide bonds. The molecule has 0 bridgehead atoms. The van der Waals surface area contributed by atoms with E-state index in [1.807, 2.05) is 20.8 Å². The van der Waals surface area contributed by atoms with Crippen LogP contribution in [0, 0.1) is 27.7 Å². The van der Waals surface area contributed by atoms with E-state index in [0.29, 0.717) is 22.3 Å². The Morgan fingerprint density at radius 2 is 1.77 bits per heavy atom. The van der Waals surface area contributed by atoms with Crippen LogP contribution in [0.1, 0.15) is 53.6 Å². The molecule has 0 unspecified atom stereocenters. The number of fused-ring (bicyclic) bond motifs is 1. The Balaban J connectivity index is 2.45. The average molecular weight is 425 g/mol. The second kappa shape index (κ2) is 7.61. The number of carbonyl (C=O) groups is 2. The van der Waals surface area contributed by atoms with Gasteiger partial charge in [-0.3, -0.25) is 10.1 Å². The minimum atomic E-state index is -0.738. The molecule has 1 aromatic carbocycles. The number of benzene rings is 1. The van der Waals surface area contributed by atoms with Crippen LogP contribution >= 0.6 is 0 Å². The number of phenols is 1. The maximum atomic E-state index is 12.7. The smallest absolute Gasteiger partial charge is 0.412 e. The third kappa shape index (κ3) is 4.05. The Bertz CT molecular complexity index is 1220. The molecule has 8 nitrogen and oxygen atoms in total. The molecule has 3 rings (SSSR count). The number of aromatic nitrogens is 2. The number of phenolic OH excluding ortho intramolecular Hbond substituents is 1. The molecule has 0 atom stereocenters. The molecular formula is C23H28N4O4. The predicted molar refractivity (Wildman–Crippen MR) is 120 cm³/mol. The number of anilines is 1. The molecule has 8 heteroatoms. The Kier molecular flexibility index (Phi) is 5.43. The second-order valence-corrected chi connectivity index (χ2v) is 8.66. The van der Waals surface area contributed by atoms with Crippen molar-refractivity contribution in [2.45, 2.75) is 54.1 Å². The number of primary amides is 1. The van der Waals surface area contributed by atoms with Gasteiger partial charge in [-0.05, 0) is 71.2 Å². The van der Waals surface area contributed by atoms with E-state index in [2.05, 4.69) is 10.3 Å². The highest BCUT2D eigenvalue weighted by molar-refractivity contribution is 6.09. The highest BCUT2D eigenvalue weighted by Gasteiger charge is 2.27. The van der Waals surface area contributed by atoms with Gasteiger partial charge in [-0.25, -0.2) is 9.78 Å². The van der Waals surface area contributed by atoms with Crippen LogP contribution in [0.2, 0.25) is 0 Å². The van der Waals surface area contributed by atoms with Gasteiger partial charge in [-0.1, -0.05) is 6.07 Å². The number of ether oxygens (including phenoxy) is 1. The molecule has 31 heavy (non-hydrogen) atoms. The normalized spacial score (nSPS) is 11.6. The minimum absolute atomic E-state index is 0.0893. The summed E-state index contributed by atoms with van der Waals surface area (Å²) in [6.45, 7) is 12.6. The van der Waals surface area contributed by atoms with Crippen LogP contribution in [-0.2, 0) is 4.74 Å². The summed E-state index contributed by atoms with van der Waals surface area (Å²) in [7, 11) is 0. The molecule has 0 saturated carbocycles. The van der Waals surface area contributed by atoms with Gasteiger partial charge in [0, 0.05) is 11.9 Å². The van der Waals surface area contributed by atoms with E-state index in [1.165, 1.54) is 0 Å². The maximum absolute atomic E-state index is 12.7. The predicted octanol–water partition coefficient (Wildman–Crippen LogP) is 4.39. The van der Waals surface area contributed by atoms with Crippen LogP contribution in [0.4, 0.5) is 10.5 Å². The number of imidazole rings is 1. The lowest BCUT2D eigenvalue weighted by Gasteiger charge is -2.23. The van der Waals surface area contributed by atoms with Gasteiger partial charge in [0.1, 0.15) is 17.0 Å². The first-order valence-electron chi connectivity index (χ1n) is 9.93. The molecule has 2 aromatic heterocycles. The van der Waals surface area contributed by atoms with Gasteiger partial charge in [-0.2, -0.15) is 0 Å². The van der Waals surface area contributed by atoms with Crippen molar-refractivity contribution >= 4 is 23.3 Å². The quantitative estimate of drug-likeness (QED) is 0.576. The van der Waals surface area contributed by atoms with E-state index >= 15 is 0 Å². The van der Waals surface area contributed by atoms with Crippen molar-refractivity contribution in [1.29, 1.82) is 0 Å². The number of hydrogen-bond donors (Lipinski definition) is 3. The number of pyridine rings is 1. The summed E-state index contributed by atoms with van der Waals surface area (Å²) in [6, 6.07) is 3.37. The third-order valence-corrected chi connectivity index (χ3v) is 5.17. The lowest BCUT2D eigenvalue weighted by molar-refractivity contribution is 0.0636. The third-order valence-electron chi connectivity index (χ3n) is 5.17. The highest BCUT2D eigenvalue weighted by Crippen LogP contribution is 2.41. The Hall–Kier alpha value is -3.55. The van der Waals surface area contributed by atoms with Crippen molar-refractivity contribution in [2.75, 3.05) is 5.32 Å². The van der Waals surface area contributed by atoms with Crippen molar-refractivity contribution in [3.8, 4) is 16.9 Å². The Morgan fingerprint density at radius 3 is 2.35 bits per heavy atom. The van der Waals surface area contributed by atoms with Gasteiger partial charge in [-0.15, -0.1) is 0 Å².